The summed E-state index contributed by atoms with van der Waals surface area (Å²) >= 11 is 0. The molecule has 0 amide bonds. The van der Waals surface area contributed by atoms with Crippen LogP contribution in [0.15, 0.2) is 23.0 Å². The molecule has 2 aromatic rings. The van der Waals surface area contributed by atoms with Gasteiger partial charge in [0.15, 0.2) is 0 Å². The van der Waals surface area contributed by atoms with Crippen molar-refractivity contribution in [3.05, 3.63) is 24.3 Å². The summed E-state index contributed by atoms with van der Waals surface area (Å²) in [7, 11) is 1.64. The second kappa shape index (κ2) is 4.38. The predicted molar refractivity (Wildman–Crippen MR) is 61.7 cm³/mol. The maximum atomic E-state index is 9.67. The Hall–Kier alpha value is -1.95. The molecule has 2 heterocycles. The third kappa shape index (κ3) is 1.95. The molecule has 0 radical (unpaired) electrons. The zero-order valence-corrected chi connectivity index (χ0v) is 9.91. The normalized spacial score (nSPS) is 16.7. The Morgan fingerprint density at radius 3 is 3.00 bits per heavy atom. The molecule has 94 valence electrons. The first-order valence-electron chi connectivity index (χ1n) is 5.79. The molecule has 1 unspecified atom stereocenters. The summed E-state index contributed by atoms with van der Waals surface area (Å²) in [6.45, 7) is 0. The van der Waals surface area contributed by atoms with E-state index in [4.69, 9.17) is 9.26 Å². The molecule has 6 heteroatoms. The molecule has 0 spiro atoms. The largest absolute Gasteiger partial charge is 0.505 e. The van der Waals surface area contributed by atoms with Crippen LogP contribution in [-0.2, 0) is 4.74 Å². The molecule has 2 aromatic heterocycles. The Labute approximate surface area is 104 Å². The van der Waals surface area contributed by atoms with Crippen molar-refractivity contribution in [2.45, 2.75) is 18.9 Å². The van der Waals surface area contributed by atoms with E-state index in [0.29, 0.717) is 17.3 Å². The molecule has 0 bridgehead atoms. The molecule has 1 atom stereocenters. The molecule has 1 aliphatic rings. The van der Waals surface area contributed by atoms with Gasteiger partial charge < -0.3 is 14.4 Å². The molecule has 0 aromatic carbocycles. The first kappa shape index (κ1) is 11.2. The fourth-order valence-corrected chi connectivity index (χ4v) is 1.93. The Bertz CT molecular complexity index is 551. The smallest absolute Gasteiger partial charge is 0.261 e. The fraction of sp³-hybridized carbons (Fsp3) is 0.417. The lowest BCUT2D eigenvalue weighted by Crippen LogP contribution is -2.05. The van der Waals surface area contributed by atoms with Gasteiger partial charge in [-0.3, -0.25) is 4.98 Å². The molecular weight excluding hydrogens is 234 g/mol. The lowest BCUT2D eigenvalue weighted by atomic mass is 10.2. The van der Waals surface area contributed by atoms with Crippen molar-refractivity contribution in [3.8, 4) is 17.2 Å². The van der Waals surface area contributed by atoms with Gasteiger partial charge in [0.1, 0.15) is 11.9 Å². The van der Waals surface area contributed by atoms with Crippen LogP contribution in [0.3, 0.4) is 0 Å². The predicted octanol–water partition coefficient (Wildman–Crippen LogP) is 1.93. The van der Waals surface area contributed by atoms with Crippen molar-refractivity contribution < 1.29 is 14.4 Å². The minimum absolute atomic E-state index is 0.0214. The molecule has 18 heavy (non-hydrogen) atoms. The van der Waals surface area contributed by atoms with E-state index in [1.807, 2.05) is 0 Å². The number of aromatic nitrogens is 3. The third-order valence-electron chi connectivity index (χ3n) is 3.03. The molecule has 3 rings (SSSR count). The number of hydrogen-bond donors (Lipinski definition) is 1. The van der Waals surface area contributed by atoms with Crippen LogP contribution in [0.25, 0.3) is 11.5 Å². The van der Waals surface area contributed by atoms with Crippen molar-refractivity contribution in [1.82, 2.24) is 15.1 Å². The summed E-state index contributed by atoms with van der Waals surface area (Å²) in [5.74, 6) is 1.32. The monoisotopic (exact) mass is 247 g/mol. The van der Waals surface area contributed by atoms with Gasteiger partial charge >= 0.3 is 0 Å². The van der Waals surface area contributed by atoms with Crippen molar-refractivity contribution in [3.63, 3.8) is 0 Å². The first-order chi connectivity index (χ1) is 8.79. The van der Waals surface area contributed by atoms with E-state index < -0.39 is 0 Å². The number of methoxy groups -OCH3 is 1. The number of ether oxygens (including phenoxy) is 1. The molecule has 1 fully saturated rings. The van der Waals surface area contributed by atoms with Crippen molar-refractivity contribution in [2.75, 3.05) is 7.11 Å². The molecular formula is C12H13N3O3. The number of pyridine rings is 1. The summed E-state index contributed by atoms with van der Waals surface area (Å²) < 4.78 is 10.5. The highest BCUT2D eigenvalue weighted by Gasteiger charge is 2.35. The van der Waals surface area contributed by atoms with Gasteiger partial charge in [-0.1, -0.05) is 5.16 Å². The Kier molecular flexibility index (Phi) is 2.71. The second-order valence-corrected chi connectivity index (χ2v) is 4.34. The fourth-order valence-electron chi connectivity index (χ4n) is 1.93. The van der Waals surface area contributed by atoms with Gasteiger partial charge in [-0.25, -0.2) is 0 Å². The minimum atomic E-state index is -0.119. The Morgan fingerprint density at radius 2 is 2.33 bits per heavy atom. The topological polar surface area (TPSA) is 81.3 Å². The van der Waals surface area contributed by atoms with Gasteiger partial charge in [0.2, 0.25) is 5.82 Å². The molecule has 0 saturated heterocycles. The van der Waals surface area contributed by atoms with Gasteiger partial charge in [0.05, 0.1) is 11.8 Å². The van der Waals surface area contributed by atoms with Crippen LogP contribution in [0.2, 0.25) is 0 Å². The minimum Gasteiger partial charge on any atom is -0.505 e. The summed E-state index contributed by atoms with van der Waals surface area (Å²) in [6.07, 6.45) is 5.04. The SMILES string of the molecule is COC(c1noc(-c2ccncc2O)n1)C1CC1. The number of hydrogen-bond acceptors (Lipinski definition) is 6. The van der Waals surface area contributed by atoms with Crippen LogP contribution in [0.4, 0.5) is 0 Å². The summed E-state index contributed by atoms with van der Waals surface area (Å²) in [5.41, 5.74) is 0.481. The van der Waals surface area contributed by atoms with Crippen LogP contribution in [0, 0.1) is 5.92 Å². The van der Waals surface area contributed by atoms with Crippen molar-refractivity contribution in [1.29, 1.82) is 0 Å². The maximum Gasteiger partial charge on any atom is 0.261 e. The standard InChI is InChI=1S/C12H13N3O3/c1-17-10(7-2-3-7)11-14-12(18-15-11)8-4-5-13-6-9(8)16/h4-7,10,16H,2-3H2,1H3. The Morgan fingerprint density at radius 1 is 1.50 bits per heavy atom. The molecule has 6 nitrogen and oxygen atoms in total. The highest BCUT2D eigenvalue weighted by Crippen LogP contribution is 2.42. The van der Waals surface area contributed by atoms with Crippen molar-refractivity contribution in [2.24, 2.45) is 5.92 Å². The van der Waals surface area contributed by atoms with Crippen LogP contribution >= 0.6 is 0 Å². The van der Waals surface area contributed by atoms with Crippen LogP contribution in [0.1, 0.15) is 24.8 Å². The zero-order valence-electron chi connectivity index (χ0n) is 9.91. The molecule has 0 aliphatic heterocycles. The number of rotatable bonds is 4. The van der Waals surface area contributed by atoms with E-state index in [1.54, 1.807) is 19.4 Å². The average molecular weight is 247 g/mol. The van der Waals surface area contributed by atoms with Gasteiger partial charge in [-0.15, -0.1) is 0 Å². The molecule has 1 N–H and O–H groups in total. The van der Waals surface area contributed by atoms with Gasteiger partial charge in [0, 0.05) is 13.3 Å². The van der Waals surface area contributed by atoms with E-state index in [-0.39, 0.29) is 17.7 Å². The lowest BCUT2D eigenvalue weighted by Gasteiger charge is -2.08. The van der Waals surface area contributed by atoms with Gasteiger partial charge in [0.25, 0.3) is 5.89 Å². The zero-order chi connectivity index (χ0) is 12.5. The first-order valence-corrected chi connectivity index (χ1v) is 5.79. The highest BCUT2D eigenvalue weighted by atomic mass is 16.5. The quantitative estimate of drug-likeness (QED) is 0.889. The summed E-state index contributed by atoms with van der Waals surface area (Å²) in [5, 5.41) is 13.6. The van der Waals surface area contributed by atoms with E-state index in [0.717, 1.165) is 12.8 Å². The van der Waals surface area contributed by atoms with E-state index in [9.17, 15) is 5.11 Å². The number of nitrogens with zero attached hydrogens (tertiary/aromatic N) is 3. The highest BCUT2D eigenvalue weighted by molar-refractivity contribution is 5.60. The van der Waals surface area contributed by atoms with Crippen LogP contribution in [0.5, 0.6) is 5.75 Å². The van der Waals surface area contributed by atoms with Gasteiger partial charge in [-0.05, 0) is 24.8 Å². The van der Waals surface area contributed by atoms with Crippen LogP contribution in [-0.4, -0.2) is 27.3 Å². The molecule has 1 saturated carbocycles. The van der Waals surface area contributed by atoms with Gasteiger partial charge in [-0.2, -0.15) is 4.98 Å². The van der Waals surface area contributed by atoms with Crippen molar-refractivity contribution >= 4 is 0 Å². The average Bonchev–Trinajstić information content (AvgIpc) is 3.09. The Balaban J connectivity index is 1.91. The van der Waals surface area contributed by atoms with E-state index >= 15 is 0 Å². The molecule has 1 aliphatic carbocycles. The maximum absolute atomic E-state index is 9.67. The third-order valence-corrected chi connectivity index (χ3v) is 3.03. The van der Waals surface area contributed by atoms with E-state index in [2.05, 4.69) is 15.1 Å². The van der Waals surface area contributed by atoms with Crippen LogP contribution < -0.4 is 0 Å². The second-order valence-electron chi connectivity index (χ2n) is 4.34. The lowest BCUT2D eigenvalue weighted by molar-refractivity contribution is 0.0751. The van der Waals surface area contributed by atoms with E-state index in [1.165, 1.54) is 6.20 Å². The number of aromatic hydroxyl groups is 1. The summed E-state index contributed by atoms with van der Waals surface area (Å²) in [6, 6.07) is 1.63. The summed E-state index contributed by atoms with van der Waals surface area (Å²) in [4.78, 5) is 8.09.